The second-order valence-corrected chi connectivity index (χ2v) is 47.0. The lowest BCUT2D eigenvalue weighted by Crippen LogP contribution is -2.35. The predicted octanol–water partition coefficient (Wildman–Crippen LogP) is 27.6. The van der Waals surface area contributed by atoms with Crippen LogP contribution in [-0.4, -0.2) is 148 Å². The highest BCUT2D eigenvalue weighted by atomic mass is 32.1. The maximum Gasteiger partial charge on any atom is 0.307 e. The first-order chi connectivity index (χ1) is 63.1. The van der Waals surface area contributed by atoms with Crippen LogP contribution in [0.25, 0.3) is 0 Å². The van der Waals surface area contributed by atoms with Crippen LogP contribution in [0.3, 0.4) is 0 Å². The number of ketones is 15. The topological polar surface area (TPSA) is 443 Å². The summed E-state index contributed by atoms with van der Waals surface area (Å²) in [6.07, 6.45) is 17.1. The first-order valence-corrected chi connectivity index (χ1v) is 52.3. The van der Waals surface area contributed by atoms with Crippen LogP contribution in [-0.2, 0) is 95.9 Å². The summed E-state index contributed by atoms with van der Waals surface area (Å²) in [4.78, 5) is 226. The smallest absolute Gasteiger partial charge is 0.307 e. The van der Waals surface area contributed by atoms with Crippen LogP contribution in [0.1, 0.15) is 498 Å². The van der Waals surface area contributed by atoms with Gasteiger partial charge in [-0.25, -0.2) is 0 Å². The molecular weight excluding hydrogens is 1810 g/mol. The Bertz CT molecular complexity index is 3410. The zero-order valence-corrected chi connectivity index (χ0v) is 97.7. The third-order valence-electron chi connectivity index (χ3n) is 26.3. The fourth-order valence-corrected chi connectivity index (χ4v) is 13.4. The van der Waals surface area contributed by atoms with Crippen molar-refractivity contribution in [1.82, 2.24) is 0 Å². The highest BCUT2D eigenvalue weighted by molar-refractivity contribution is 7.81. The van der Waals surface area contributed by atoms with Crippen LogP contribution in [0.5, 0.6) is 0 Å². The number of carbonyl (C=O) groups excluding carboxylic acids is 15. The summed E-state index contributed by atoms with van der Waals surface area (Å²) >= 11 is 3.92. The molecule has 0 spiro atoms. The van der Waals surface area contributed by atoms with Gasteiger partial charge in [0.15, 0.2) is 0 Å². The quantitative estimate of drug-likeness (QED) is 0.0308. The van der Waals surface area contributed by atoms with Gasteiger partial charge in [-0.1, -0.05) is 342 Å². The number of aliphatic carboxylic acids is 5. The minimum Gasteiger partial charge on any atom is -0.481 e. The van der Waals surface area contributed by atoms with Gasteiger partial charge in [0.25, 0.3) is 0 Å². The standard InChI is InChI=1S/C14H26O2.C13H24O3.2C12H22O2.3C11H20O3.C11H20O2S.C10H18O2.C9H16O3.CH4/c1-8-14(6,7)11(10(2)15)9-12(16)13(3,4)5;1-7-13(5,6)9(11(15)16)8-10(14)12(2,3)4;2*1-6-7-10(9(2)13)8-11(14)12(3,4)5;2*1-5-6-8(10(13)14)7-9(12)11(2,3)4;1-5-8(12)7-9(10(13)14)11(3,4)6-2;1-5-11(3,4)10(8(2)12)6-9(13)7-14;1-4-6-9(8(3)11)7-10(12)5-2;1-3-5-7(9(11)12)6-8(10)4-2;/h11H,8-9H2,1-7H3;9H,7-8H2,1-6H3,(H,15,16);2*10H,6-8H2,1-5H3;2*8H,5-7H2,1-4H3,(H,13,14);9H,5-7H2,1-4H3,(H,13,14);10,14H,5-7H2,1-4H3;9H,4-7H2,1-3H3;7H,3-6H2,1-2H3,(H,11,12);1H4. The number of carbonyl (C=O) groups is 20. The lowest BCUT2D eigenvalue weighted by molar-refractivity contribution is -0.149. The minimum absolute atomic E-state index is 0. The van der Waals surface area contributed by atoms with E-state index in [0.717, 1.165) is 83.5 Å². The third kappa shape index (κ3) is 77.8. The van der Waals surface area contributed by atoms with Gasteiger partial charge >= 0.3 is 29.8 Å². The molecule has 0 aliphatic rings. The van der Waals surface area contributed by atoms with Crippen LogP contribution < -0.4 is 0 Å². The molecule has 0 aromatic heterocycles. The third-order valence-corrected chi connectivity index (χ3v) is 26.6. The fraction of sp³-hybridized carbons (Fsp3) is 0.826. The van der Waals surface area contributed by atoms with Crippen molar-refractivity contribution in [3.8, 4) is 0 Å². The highest BCUT2D eigenvalue weighted by Crippen LogP contribution is 2.39. The molecule has 141 heavy (non-hydrogen) atoms. The van der Waals surface area contributed by atoms with Gasteiger partial charge in [-0.15, -0.1) is 0 Å². The molecular formula is C115H212O25S. The lowest BCUT2D eigenvalue weighted by Gasteiger charge is -2.32. The number of Topliss-reactive ketones (excluding diaryl/α,β-unsaturated/α-hetero) is 15. The van der Waals surface area contributed by atoms with E-state index in [1.165, 1.54) is 0 Å². The number of thiol groups is 1. The van der Waals surface area contributed by atoms with Gasteiger partial charge in [0.05, 0.1) is 29.6 Å². The van der Waals surface area contributed by atoms with Gasteiger partial charge in [-0.3, -0.25) is 95.9 Å². The summed E-state index contributed by atoms with van der Waals surface area (Å²) < 4.78 is 0. The Balaban J connectivity index is -0.000000148. The molecule has 0 aromatic rings. The molecule has 0 radical (unpaired) electrons. The van der Waals surface area contributed by atoms with Crippen molar-refractivity contribution in [2.24, 2.45) is 113 Å². The maximum atomic E-state index is 12.0. The summed E-state index contributed by atoms with van der Waals surface area (Å²) in [5, 5.41) is 44.7. The van der Waals surface area contributed by atoms with Gasteiger partial charge in [0.2, 0.25) is 0 Å². The summed E-state index contributed by atoms with van der Waals surface area (Å²) in [6, 6.07) is 0. The average Bonchev–Trinajstić information content (AvgIpc) is 0.839. The zero-order valence-electron chi connectivity index (χ0n) is 96.8. The molecule has 0 saturated carbocycles. The first-order valence-electron chi connectivity index (χ1n) is 51.6. The van der Waals surface area contributed by atoms with E-state index >= 15 is 0 Å². The summed E-state index contributed by atoms with van der Waals surface area (Å²) in [5.74, 6) is -5.57. The Labute approximate surface area is 863 Å². The molecule has 10 atom stereocenters. The van der Waals surface area contributed by atoms with E-state index in [1.54, 1.807) is 48.5 Å². The average molecular weight is 2030 g/mol. The number of hydrogen-bond acceptors (Lipinski definition) is 21. The first kappa shape index (κ1) is 156. The van der Waals surface area contributed by atoms with Gasteiger partial charge in [-0.05, 0) is 94.8 Å². The molecule has 828 valence electrons. The second-order valence-electron chi connectivity index (χ2n) is 46.7. The van der Waals surface area contributed by atoms with Crippen LogP contribution in [0.15, 0.2) is 0 Å². The number of carboxylic acid groups (broad SMARTS) is 5. The minimum atomic E-state index is -0.871. The van der Waals surface area contributed by atoms with Crippen LogP contribution in [0, 0.1) is 113 Å². The monoisotopic (exact) mass is 2030 g/mol. The SMILES string of the molecule is C.CCC(=O)CC(C(=O)O)C(C)(C)CC.CCC(C)(C)C(CC(=O)C(C)(C)C)C(=O)O.CCC(C)(C)C(CC(=O)C(C)(C)C)C(C)=O.CCC(C)(C)C(CC(=O)CS)C(C)=O.CCCC(CC(=O)C(C)(C)C)C(=O)O.CCCC(CC(=O)C(C)(C)C)C(=O)O.CCCC(CC(=O)C(C)(C)C)C(C)=O.CCCC(CC(=O)C(C)(C)C)C(C)=O.CCCC(CC(=O)CC)C(=O)O.CCCC(CC(=O)CC)C(C)=O. The molecule has 5 N–H and O–H groups in total. The van der Waals surface area contributed by atoms with Gasteiger partial charge in [-0.2, -0.15) is 12.6 Å². The van der Waals surface area contributed by atoms with E-state index < -0.39 is 75.7 Å². The molecule has 0 aliphatic heterocycles. The summed E-state index contributed by atoms with van der Waals surface area (Å²) in [5.41, 5.74) is -3.14. The summed E-state index contributed by atoms with van der Waals surface area (Å²) in [6.45, 7) is 82.5. The fourth-order valence-electron chi connectivity index (χ4n) is 13.3. The Kier molecular flexibility index (Phi) is 85.7. The lowest BCUT2D eigenvalue weighted by atomic mass is 9.70. The molecule has 0 heterocycles. The molecule has 0 rings (SSSR count). The van der Waals surface area contributed by atoms with E-state index in [0.29, 0.717) is 70.6 Å². The van der Waals surface area contributed by atoms with Crippen molar-refractivity contribution in [3.05, 3.63) is 0 Å². The van der Waals surface area contributed by atoms with Gasteiger partial charge in [0, 0.05) is 151 Å². The van der Waals surface area contributed by atoms with Gasteiger partial charge in [0.1, 0.15) is 86.7 Å². The molecule has 25 nitrogen and oxygen atoms in total. The zero-order chi connectivity index (χ0) is 114. The van der Waals surface area contributed by atoms with Gasteiger partial charge < -0.3 is 25.5 Å². The maximum absolute atomic E-state index is 12.0. The molecule has 0 aliphatic carbocycles. The largest absolute Gasteiger partial charge is 0.481 e. The Morgan fingerprint density at radius 2 is 0.362 bits per heavy atom. The number of carboxylic acids is 5. The second kappa shape index (κ2) is 77.2. The van der Waals surface area contributed by atoms with Crippen molar-refractivity contribution in [2.75, 3.05) is 5.75 Å². The molecule has 10 unspecified atom stereocenters. The molecule has 26 heteroatoms. The normalized spacial score (nSPS) is 13.7. The number of hydrogen-bond donors (Lipinski definition) is 6. The van der Waals surface area contributed by atoms with E-state index in [-0.39, 0.29) is 200 Å². The van der Waals surface area contributed by atoms with E-state index in [2.05, 4.69) is 33.4 Å². The number of rotatable bonds is 54. The molecule has 0 bridgehead atoms. The van der Waals surface area contributed by atoms with E-state index in [4.69, 9.17) is 20.4 Å². The molecule has 0 fully saturated rings. The molecule has 0 amide bonds. The van der Waals surface area contributed by atoms with Crippen molar-refractivity contribution < 1.29 is 121 Å². The van der Waals surface area contributed by atoms with Crippen molar-refractivity contribution >= 4 is 129 Å². The van der Waals surface area contributed by atoms with Crippen molar-refractivity contribution in [2.45, 2.75) is 498 Å². The predicted molar refractivity (Wildman–Crippen MR) is 577 cm³/mol. The van der Waals surface area contributed by atoms with Crippen LogP contribution in [0.4, 0.5) is 0 Å². The Morgan fingerprint density at radius 1 is 0.206 bits per heavy atom. The van der Waals surface area contributed by atoms with Crippen molar-refractivity contribution in [3.63, 3.8) is 0 Å². The van der Waals surface area contributed by atoms with E-state index in [1.807, 2.05) is 235 Å². The van der Waals surface area contributed by atoms with Crippen molar-refractivity contribution in [1.29, 1.82) is 0 Å². The molecule has 0 aromatic carbocycles. The summed E-state index contributed by atoms with van der Waals surface area (Å²) in [7, 11) is 0. The van der Waals surface area contributed by atoms with Crippen LogP contribution in [0.2, 0.25) is 0 Å². The van der Waals surface area contributed by atoms with E-state index in [9.17, 15) is 101 Å². The Hall–Kier alpha value is -7.25. The Morgan fingerprint density at radius 3 is 0.539 bits per heavy atom. The van der Waals surface area contributed by atoms with Crippen LogP contribution >= 0.6 is 12.6 Å². The molecule has 0 saturated heterocycles. The highest BCUT2D eigenvalue weighted by Gasteiger charge is 2.41.